The van der Waals surface area contributed by atoms with E-state index in [1.54, 1.807) is 4.90 Å². The molecule has 0 radical (unpaired) electrons. The number of amides is 2. The van der Waals surface area contributed by atoms with Crippen LogP contribution in [0.25, 0.3) is 10.9 Å². The third-order valence-electron chi connectivity index (χ3n) is 4.76. The summed E-state index contributed by atoms with van der Waals surface area (Å²) in [4.78, 5) is 31.4. The molecule has 6 heteroatoms. The van der Waals surface area contributed by atoms with Gasteiger partial charge in [-0.3, -0.25) is 14.6 Å². The Balaban J connectivity index is 1.88. The van der Waals surface area contributed by atoms with Crippen molar-refractivity contribution in [3.05, 3.63) is 39.5 Å². The topological polar surface area (TPSA) is 62.3 Å². The van der Waals surface area contributed by atoms with Crippen LogP contribution in [-0.2, 0) is 17.6 Å². The van der Waals surface area contributed by atoms with Crippen molar-refractivity contribution in [2.45, 2.75) is 25.7 Å². The van der Waals surface area contributed by atoms with E-state index >= 15 is 0 Å². The Labute approximate surface area is 148 Å². The molecule has 1 saturated heterocycles. The monoisotopic (exact) mass is 387 g/mol. The molecule has 2 aromatic rings. The first kappa shape index (κ1) is 15.6. The van der Waals surface area contributed by atoms with Gasteiger partial charge in [-0.05, 0) is 43.4 Å². The van der Waals surface area contributed by atoms with Crippen LogP contribution in [0.15, 0.2) is 22.7 Å². The summed E-state index contributed by atoms with van der Waals surface area (Å²) in [6, 6.07) is 5.86. The van der Waals surface area contributed by atoms with Gasteiger partial charge < -0.3 is 10.2 Å². The van der Waals surface area contributed by atoms with Crippen LogP contribution in [0.5, 0.6) is 0 Å². The van der Waals surface area contributed by atoms with Gasteiger partial charge in [0.1, 0.15) is 0 Å². The minimum Gasteiger partial charge on any atom is -0.353 e. The van der Waals surface area contributed by atoms with Gasteiger partial charge in [-0.25, -0.2) is 0 Å². The minimum absolute atomic E-state index is 0.0438. The maximum absolute atomic E-state index is 13.2. The molecule has 2 amide bonds. The minimum atomic E-state index is -0.0930. The average molecular weight is 388 g/mol. The van der Waals surface area contributed by atoms with E-state index < -0.39 is 0 Å². The van der Waals surface area contributed by atoms with Crippen molar-refractivity contribution in [2.24, 2.45) is 0 Å². The SMILES string of the molecule is O=C1CN(C(=O)c2c3c(nc4cc(Br)ccc24)CCCC3)CCN1. The zero-order valence-electron chi connectivity index (χ0n) is 13.3. The quantitative estimate of drug-likeness (QED) is 0.817. The fourth-order valence-electron chi connectivity index (χ4n) is 3.61. The molecule has 0 bridgehead atoms. The molecular weight excluding hydrogens is 370 g/mol. The number of carbonyl (C=O) groups is 2. The number of nitrogens with one attached hydrogen (secondary N) is 1. The second kappa shape index (κ2) is 6.16. The van der Waals surface area contributed by atoms with E-state index in [0.29, 0.717) is 13.1 Å². The Hall–Kier alpha value is -1.95. The molecule has 1 N–H and O–H groups in total. The lowest BCUT2D eigenvalue weighted by Gasteiger charge is -2.29. The number of fused-ring (bicyclic) bond motifs is 2. The Bertz CT molecular complexity index is 850. The number of hydrogen-bond donors (Lipinski definition) is 1. The maximum atomic E-state index is 13.2. The van der Waals surface area contributed by atoms with Crippen LogP contribution in [0.2, 0.25) is 0 Å². The van der Waals surface area contributed by atoms with Crippen LogP contribution < -0.4 is 5.32 Å². The van der Waals surface area contributed by atoms with Gasteiger partial charge in [0.2, 0.25) is 5.91 Å². The highest BCUT2D eigenvalue weighted by Crippen LogP contribution is 2.31. The second-order valence-corrected chi connectivity index (χ2v) is 7.27. The van der Waals surface area contributed by atoms with E-state index in [-0.39, 0.29) is 18.4 Å². The van der Waals surface area contributed by atoms with Gasteiger partial charge in [-0.1, -0.05) is 22.0 Å². The lowest BCUT2D eigenvalue weighted by Crippen LogP contribution is -2.50. The highest BCUT2D eigenvalue weighted by Gasteiger charge is 2.28. The molecule has 5 nitrogen and oxygen atoms in total. The molecule has 0 unspecified atom stereocenters. The van der Waals surface area contributed by atoms with E-state index in [1.807, 2.05) is 18.2 Å². The number of pyridine rings is 1. The third-order valence-corrected chi connectivity index (χ3v) is 5.26. The van der Waals surface area contributed by atoms with Crippen LogP contribution in [0.3, 0.4) is 0 Å². The zero-order chi connectivity index (χ0) is 16.7. The van der Waals surface area contributed by atoms with Crippen molar-refractivity contribution < 1.29 is 9.59 Å². The Morgan fingerprint density at radius 1 is 1.25 bits per heavy atom. The van der Waals surface area contributed by atoms with Crippen molar-refractivity contribution in [3.63, 3.8) is 0 Å². The summed E-state index contributed by atoms with van der Waals surface area (Å²) in [5.41, 5.74) is 3.70. The van der Waals surface area contributed by atoms with Gasteiger partial charge in [0, 0.05) is 28.6 Å². The van der Waals surface area contributed by atoms with Gasteiger partial charge >= 0.3 is 0 Å². The number of piperazine rings is 1. The first-order valence-electron chi connectivity index (χ1n) is 8.30. The Morgan fingerprint density at radius 2 is 2.08 bits per heavy atom. The van der Waals surface area contributed by atoms with Crippen molar-refractivity contribution in [3.8, 4) is 0 Å². The number of hydrogen-bond acceptors (Lipinski definition) is 3. The maximum Gasteiger partial charge on any atom is 0.255 e. The molecule has 2 aliphatic rings. The summed E-state index contributed by atoms with van der Waals surface area (Å²) >= 11 is 3.49. The van der Waals surface area contributed by atoms with Gasteiger partial charge in [0.15, 0.2) is 0 Å². The Kier molecular flexibility index (Phi) is 4.00. The van der Waals surface area contributed by atoms with Crippen LogP contribution in [0, 0.1) is 0 Å². The summed E-state index contributed by atoms with van der Waals surface area (Å²) in [6.45, 7) is 1.20. The van der Waals surface area contributed by atoms with Crippen LogP contribution >= 0.6 is 15.9 Å². The van der Waals surface area contributed by atoms with Crippen LogP contribution in [0.1, 0.15) is 34.5 Å². The molecule has 4 rings (SSSR count). The molecule has 1 fully saturated rings. The molecule has 1 aliphatic carbocycles. The molecule has 0 atom stereocenters. The number of aryl methyl sites for hydroxylation is 1. The van der Waals surface area contributed by atoms with E-state index in [2.05, 4.69) is 21.2 Å². The summed E-state index contributed by atoms with van der Waals surface area (Å²) in [6.07, 6.45) is 3.99. The highest BCUT2D eigenvalue weighted by atomic mass is 79.9. The van der Waals surface area contributed by atoms with E-state index in [9.17, 15) is 9.59 Å². The highest BCUT2D eigenvalue weighted by molar-refractivity contribution is 9.10. The predicted molar refractivity (Wildman–Crippen MR) is 95.0 cm³/mol. The third kappa shape index (κ3) is 2.69. The summed E-state index contributed by atoms with van der Waals surface area (Å²) in [5.74, 6) is -0.137. The van der Waals surface area contributed by atoms with Gasteiger partial charge in [-0.2, -0.15) is 0 Å². The Morgan fingerprint density at radius 3 is 2.92 bits per heavy atom. The van der Waals surface area contributed by atoms with E-state index in [4.69, 9.17) is 4.98 Å². The molecule has 1 aliphatic heterocycles. The molecular formula is C18H18BrN3O2. The molecule has 2 heterocycles. The van der Waals surface area contributed by atoms with E-state index in [0.717, 1.165) is 57.9 Å². The van der Waals surface area contributed by atoms with Gasteiger partial charge in [-0.15, -0.1) is 0 Å². The normalized spacial score (nSPS) is 17.5. The van der Waals surface area contributed by atoms with Crippen LogP contribution in [-0.4, -0.2) is 41.3 Å². The molecule has 1 aromatic carbocycles. The van der Waals surface area contributed by atoms with Crippen LogP contribution in [0.4, 0.5) is 0 Å². The van der Waals surface area contributed by atoms with Crippen molar-refractivity contribution >= 4 is 38.6 Å². The standard InChI is InChI=1S/C18H18BrN3O2/c19-11-5-6-13-15(9-11)21-14-4-2-1-3-12(14)17(13)18(24)22-8-7-20-16(23)10-22/h5-6,9H,1-4,7-8,10H2,(H,20,23). The number of halogens is 1. The van der Waals surface area contributed by atoms with E-state index in [1.165, 1.54) is 0 Å². The largest absolute Gasteiger partial charge is 0.353 e. The number of nitrogens with zero attached hydrogens (tertiary/aromatic N) is 2. The molecule has 24 heavy (non-hydrogen) atoms. The first-order valence-corrected chi connectivity index (χ1v) is 9.10. The predicted octanol–water partition coefficient (Wildman–Crippen LogP) is 2.45. The molecule has 0 spiro atoms. The summed E-state index contributed by atoms with van der Waals surface area (Å²) in [5, 5.41) is 3.66. The van der Waals surface area contributed by atoms with Crippen molar-refractivity contribution in [1.29, 1.82) is 0 Å². The lowest BCUT2D eigenvalue weighted by molar-refractivity contribution is -0.123. The average Bonchev–Trinajstić information content (AvgIpc) is 2.59. The van der Waals surface area contributed by atoms with Crippen molar-refractivity contribution in [1.82, 2.24) is 15.2 Å². The van der Waals surface area contributed by atoms with Gasteiger partial charge in [0.05, 0.1) is 17.6 Å². The molecule has 124 valence electrons. The second-order valence-electron chi connectivity index (χ2n) is 6.36. The zero-order valence-corrected chi connectivity index (χ0v) is 14.9. The lowest BCUT2D eigenvalue weighted by atomic mass is 9.89. The first-order chi connectivity index (χ1) is 11.6. The number of benzene rings is 1. The number of carbonyl (C=O) groups excluding carboxylic acids is 2. The fraction of sp³-hybridized carbons (Fsp3) is 0.389. The molecule has 0 saturated carbocycles. The fourth-order valence-corrected chi connectivity index (χ4v) is 3.96. The van der Waals surface area contributed by atoms with Gasteiger partial charge in [0.25, 0.3) is 5.91 Å². The number of aromatic nitrogens is 1. The smallest absolute Gasteiger partial charge is 0.255 e. The summed E-state index contributed by atoms with van der Waals surface area (Å²) in [7, 11) is 0. The van der Waals surface area contributed by atoms with Crippen molar-refractivity contribution in [2.75, 3.05) is 19.6 Å². The summed E-state index contributed by atoms with van der Waals surface area (Å²) < 4.78 is 0.953. The number of rotatable bonds is 1. The molecule has 1 aromatic heterocycles.